The molecule has 1 heterocycles. The lowest BCUT2D eigenvalue weighted by molar-refractivity contribution is 0.263. The zero-order valence-corrected chi connectivity index (χ0v) is 8.47. The average molecular weight is 246 g/mol. The van der Waals surface area contributed by atoms with Gasteiger partial charge >= 0.3 is 0 Å². The smallest absolute Gasteiger partial charge is 0.145 e. The second-order valence-electron chi connectivity index (χ2n) is 3.02. The third-order valence-corrected chi connectivity index (χ3v) is 2.76. The van der Waals surface area contributed by atoms with E-state index in [9.17, 15) is 4.39 Å². The lowest BCUT2D eigenvalue weighted by Gasteiger charge is -2.23. The molecule has 2 N–H and O–H groups in total. The molecule has 0 saturated heterocycles. The molecule has 1 aliphatic heterocycles. The lowest BCUT2D eigenvalue weighted by atomic mass is 10.0. The first-order chi connectivity index (χ1) is 6.20. The largest absolute Gasteiger partial charge is 0.493 e. The summed E-state index contributed by atoms with van der Waals surface area (Å²) in [7, 11) is 0. The van der Waals surface area contributed by atoms with Crippen LogP contribution in [0.15, 0.2) is 16.6 Å². The van der Waals surface area contributed by atoms with Gasteiger partial charge in [-0.05, 0) is 28.1 Å². The zero-order chi connectivity index (χ0) is 9.42. The minimum atomic E-state index is -0.301. The highest BCUT2D eigenvalue weighted by atomic mass is 79.9. The highest BCUT2D eigenvalue weighted by Gasteiger charge is 2.23. The SMILES string of the molecule is N[C@@H]1CCOc2ccc(Br)c(F)c21. The predicted molar refractivity (Wildman–Crippen MR) is 51.1 cm³/mol. The van der Waals surface area contributed by atoms with Crippen LogP contribution < -0.4 is 10.5 Å². The highest BCUT2D eigenvalue weighted by molar-refractivity contribution is 9.10. The second kappa shape index (κ2) is 3.27. The predicted octanol–water partition coefficient (Wildman–Crippen LogP) is 2.37. The standard InChI is InChI=1S/C9H9BrFNO/c10-5-1-2-7-8(9(5)11)6(12)3-4-13-7/h1-2,6H,3-4,12H2/t6-/m1/s1. The number of fused-ring (bicyclic) bond motifs is 1. The number of hydrogen-bond acceptors (Lipinski definition) is 2. The van der Waals surface area contributed by atoms with E-state index in [-0.39, 0.29) is 11.9 Å². The summed E-state index contributed by atoms with van der Waals surface area (Å²) < 4.78 is 19.3. The monoisotopic (exact) mass is 245 g/mol. The van der Waals surface area contributed by atoms with Crippen molar-refractivity contribution in [3.8, 4) is 5.75 Å². The van der Waals surface area contributed by atoms with Crippen LogP contribution in [0.25, 0.3) is 0 Å². The Bertz CT molecular complexity index is 343. The molecule has 4 heteroatoms. The molecule has 0 bridgehead atoms. The first-order valence-electron chi connectivity index (χ1n) is 4.06. The van der Waals surface area contributed by atoms with E-state index < -0.39 is 0 Å². The Morgan fingerprint density at radius 1 is 1.54 bits per heavy atom. The van der Waals surface area contributed by atoms with Gasteiger partial charge < -0.3 is 10.5 Å². The molecule has 0 spiro atoms. The van der Waals surface area contributed by atoms with E-state index in [2.05, 4.69) is 15.9 Å². The quantitative estimate of drug-likeness (QED) is 0.762. The summed E-state index contributed by atoms with van der Waals surface area (Å²) in [5.74, 6) is 0.268. The fraction of sp³-hybridized carbons (Fsp3) is 0.333. The van der Waals surface area contributed by atoms with E-state index in [1.807, 2.05) is 0 Å². The van der Waals surface area contributed by atoms with Gasteiger partial charge in [-0.15, -0.1) is 0 Å². The topological polar surface area (TPSA) is 35.2 Å². The number of nitrogens with two attached hydrogens (primary N) is 1. The molecule has 0 saturated carbocycles. The molecule has 2 nitrogen and oxygen atoms in total. The molecule has 0 amide bonds. The first-order valence-corrected chi connectivity index (χ1v) is 4.85. The van der Waals surface area contributed by atoms with Crippen molar-refractivity contribution in [1.29, 1.82) is 0 Å². The molecule has 1 aromatic rings. The van der Waals surface area contributed by atoms with Crippen molar-refractivity contribution < 1.29 is 9.13 Å². The van der Waals surface area contributed by atoms with Crippen LogP contribution in [-0.2, 0) is 0 Å². The highest BCUT2D eigenvalue weighted by Crippen LogP contribution is 2.35. The van der Waals surface area contributed by atoms with E-state index in [4.69, 9.17) is 10.5 Å². The van der Waals surface area contributed by atoms with Crippen molar-refractivity contribution in [2.24, 2.45) is 5.73 Å². The third kappa shape index (κ3) is 1.44. The van der Waals surface area contributed by atoms with E-state index in [0.29, 0.717) is 28.8 Å². The van der Waals surface area contributed by atoms with Gasteiger partial charge in [0.2, 0.25) is 0 Å². The Balaban J connectivity index is 2.58. The van der Waals surface area contributed by atoms with Crippen molar-refractivity contribution in [2.45, 2.75) is 12.5 Å². The van der Waals surface area contributed by atoms with Crippen LogP contribution >= 0.6 is 15.9 Å². The molecule has 2 rings (SSSR count). The first kappa shape index (κ1) is 8.97. The van der Waals surface area contributed by atoms with Crippen LogP contribution in [0.1, 0.15) is 18.0 Å². The molecule has 0 radical (unpaired) electrons. The third-order valence-electron chi connectivity index (χ3n) is 2.15. The number of benzene rings is 1. The van der Waals surface area contributed by atoms with Crippen molar-refractivity contribution in [2.75, 3.05) is 6.61 Å². The maximum absolute atomic E-state index is 13.5. The van der Waals surface area contributed by atoms with E-state index in [0.717, 1.165) is 0 Å². The summed E-state index contributed by atoms with van der Waals surface area (Å²) >= 11 is 3.12. The van der Waals surface area contributed by atoms with E-state index in [1.165, 1.54) is 0 Å². The van der Waals surface area contributed by atoms with Gasteiger partial charge in [-0.25, -0.2) is 4.39 Å². The lowest BCUT2D eigenvalue weighted by Crippen LogP contribution is -2.22. The second-order valence-corrected chi connectivity index (χ2v) is 3.87. The van der Waals surface area contributed by atoms with Crippen LogP contribution in [0.2, 0.25) is 0 Å². The Morgan fingerprint density at radius 3 is 3.08 bits per heavy atom. The van der Waals surface area contributed by atoms with Gasteiger partial charge in [0.05, 0.1) is 11.1 Å². The molecule has 1 atom stereocenters. The van der Waals surface area contributed by atoms with Gasteiger partial charge in [-0.2, -0.15) is 0 Å². The van der Waals surface area contributed by atoms with Crippen LogP contribution in [0, 0.1) is 5.82 Å². The Hall–Kier alpha value is -0.610. The maximum atomic E-state index is 13.5. The summed E-state index contributed by atoms with van der Waals surface area (Å²) in [4.78, 5) is 0. The zero-order valence-electron chi connectivity index (χ0n) is 6.89. The summed E-state index contributed by atoms with van der Waals surface area (Å²) in [6, 6.07) is 3.12. The molecular weight excluding hydrogens is 237 g/mol. The minimum absolute atomic E-state index is 0.249. The van der Waals surface area contributed by atoms with Crippen LogP contribution in [0.5, 0.6) is 5.75 Å². The van der Waals surface area contributed by atoms with Gasteiger partial charge in [-0.3, -0.25) is 0 Å². The van der Waals surface area contributed by atoms with Crippen molar-refractivity contribution in [1.82, 2.24) is 0 Å². The minimum Gasteiger partial charge on any atom is -0.493 e. The van der Waals surface area contributed by atoms with Gasteiger partial charge in [0.1, 0.15) is 11.6 Å². The van der Waals surface area contributed by atoms with Gasteiger partial charge in [0, 0.05) is 18.0 Å². The molecule has 0 aliphatic carbocycles. The molecule has 13 heavy (non-hydrogen) atoms. The average Bonchev–Trinajstić information content (AvgIpc) is 2.12. The van der Waals surface area contributed by atoms with Crippen LogP contribution in [-0.4, -0.2) is 6.61 Å². The normalized spacial score (nSPS) is 20.7. The Labute approximate surface area is 84.0 Å². The molecular formula is C9H9BrFNO. The fourth-order valence-electron chi connectivity index (χ4n) is 1.46. The summed E-state index contributed by atoms with van der Waals surface area (Å²) in [6.07, 6.45) is 0.667. The maximum Gasteiger partial charge on any atom is 0.145 e. The van der Waals surface area contributed by atoms with E-state index >= 15 is 0 Å². The van der Waals surface area contributed by atoms with E-state index in [1.54, 1.807) is 12.1 Å². The van der Waals surface area contributed by atoms with Gasteiger partial charge in [-0.1, -0.05) is 0 Å². The molecule has 70 valence electrons. The van der Waals surface area contributed by atoms with Crippen molar-refractivity contribution >= 4 is 15.9 Å². The Morgan fingerprint density at radius 2 is 2.31 bits per heavy atom. The molecule has 1 aliphatic rings. The summed E-state index contributed by atoms with van der Waals surface area (Å²) in [5, 5.41) is 0. The fourth-order valence-corrected chi connectivity index (χ4v) is 1.81. The molecule has 0 fully saturated rings. The van der Waals surface area contributed by atoms with Crippen molar-refractivity contribution in [3.05, 3.63) is 28.0 Å². The summed E-state index contributed by atoms with van der Waals surface area (Å²) in [5.41, 5.74) is 6.26. The molecule has 0 unspecified atom stereocenters. The number of rotatable bonds is 0. The van der Waals surface area contributed by atoms with Gasteiger partial charge in [0.15, 0.2) is 0 Å². The van der Waals surface area contributed by atoms with Crippen LogP contribution in [0.4, 0.5) is 4.39 Å². The number of hydrogen-bond donors (Lipinski definition) is 1. The summed E-state index contributed by atoms with van der Waals surface area (Å²) in [6.45, 7) is 0.565. The number of halogens is 2. The molecule has 0 aromatic heterocycles. The van der Waals surface area contributed by atoms with Gasteiger partial charge in [0.25, 0.3) is 0 Å². The van der Waals surface area contributed by atoms with Crippen molar-refractivity contribution in [3.63, 3.8) is 0 Å². The van der Waals surface area contributed by atoms with Crippen LogP contribution in [0.3, 0.4) is 0 Å². The molecule has 1 aromatic carbocycles. The number of ether oxygens (including phenoxy) is 1. The Kier molecular flexibility index (Phi) is 2.26.